The number of H-pyrrole nitrogens is 1. The van der Waals surface area contributed by atoms with Crippen molar-refractivity contribution in [2.24, 2.45) is 0 Å². The Morgan fingerprint density at radius 2 is 2.08 bits per heavy atom. The van der Waals surface area contributed by atoms with E-state index in [0.29, 0.717) is 6.54 Å². The highest BCUT2D eigenvalue weighted by atomic mass is 16.2. The third kappa shape index (κ3) is 4.24. The molecule has 2 aromatic heterocycles. The van der Waals surface area contributed by atoms with Crippen LogP contribution < -0.4 is 5.32 Å². The monoisotopic (exact) mass is 355 g/mol. The lowest BCUT2D eigenvalue weighted by Gasteiger charge is -2.08. The van der Waals surface area contributed by atoms with E-state index in [-0.39, 0.29) is 24.1 Å². The van der Waals surface area contributed by atoms with Gasteiger partial charge in [-0.05, 0) is 18.6 Å². The number of fused-ring (bicyclic) bond motifs is 1. The Morgan fingerprint density at radius 3 is 2.85 bits per heavy atom. The predicted octanol–water partition coefficient (Wildman–Crippen LogP) is 0.605. The van der Waals surface area contributed by atoms with Gasteiger partial charge in [-0.2, -0.15) is 0 Å². The summed E-state index contributed by atoms with van der Waals surface area (Å²) < 4.78 is 1.35. The largest absolute Gasteiger partial charge is 0.351 e. The van der Waals surface area contributed by atoms with Crippen LogP contribution in [0.2, 0.25) is 0 Å². The van der Waals surface area contributed by atoms with Crippen LogP contribution in [-0.4, -0.2) is 62.3 Å². The number of amides is 2. The van der Waals surface area contributed by atoms with Crippen LogP contribution in [0.4, 0.5) is 0 Å². The van der Waals surface area contributed by atoms with Gasteiger partial charge in [0.15, 0.2) is 5.69 Å². The summed E-state index contributed by atoms with van der Waals surface area (Å²) in [5.74, 6) is 0.472. The fourth-order valence-electron chi connectivity index (χ4n) is 2.43. The number of carbonyl (C=O) groups is 2. The Kier molecular flexibility index (Phi) is 5.26. The Bertz CT molecular complexity index is 880. The highest BCUT2D eigenvalue weighted by molar-refractivity contribution is 5.91. The van der Waals surface area contributed by atoms with Crippen molar-refractivity contribution in [1.82, 2.24) is 35.2 Å². The third-order valence-corrected chi connectivity index (χ3v) is 3.88. The average Bonchev–Trinajstić information content (AvgIpc) is 3.24. The third-order valence-electron chi connectivity index (χ3n) is 3.88. The average molecular weight is 355 g/mol. The van der Waals surface area contributed by atoms with Crippen molar-refractivity contribution in [2.75, 3.05) is 20.6 Å². The molecule has 3 aromatic rings. The van der Waals surface area contributed by atoms with Crippen LogP contribution in [0.1, 0.15) is 22.7 Å². The van der Waals surface area contributed by atoms with Crippen LogP contribution in [0.15, 0.2) is 30.5 Å². The van der Waals surface area contributed by atoms with E-state index in [2.05, 4.69) is 25.6 Å². The molecular formula is C17H21N7O2. The first-order valence-electron chi connectivity index (χ1n) is 8.35. The fourth-order valence-corrected chi connectivity index (χ4v) is 2.43. The first-order valence-corrected chi connectivity index (χ1v) is 8.35. The molecule has 0 aliphatic heterocycles. The number of hydrogen-bond acceptors (Lipinski definition) is 5. The number of imidazole rings is 1. The van der Waals surface area contributed by atoms with Crippen LogP contribution in [-0.2, 0) is 17.8 Å². The van der Waals surface area contributed by atoms with E-state index in [9.17, 15) is 9.59 Å². The Balaban J connectivity index is 1.45. The normalized spacial score (nSPS) is 10.8. The van der Waals surface area contributed by atoms with Gasteiger partial charge in [-0.3, -0.25) is 9.59 Å². The molecule has 0 spiro atoms. The summed E-state index contributed by atoms with van der Waals surface area (Å²) in [6, 6.07) is 7.86. The maximum absolute atomic E-state index is 12.1. The number of aromatic amines is 1. The second-order valence-corrected chi connectivity index (χ2v) is 6.15. The van der Waals surface area contributed by atoms with E-state index < -0.39 is 0 Å². The molecule has 0 unspecified atom stereocenters. The molecule has 0 aliphatic rings. The van der Waals surface area contributed by atoms with Gasteiger partial charge in [0.2, 0.25) is 5.91 Å². The first kappa shape index (κ1) is 17.6. The van der Waals surface area contributed by atoms with Crippen molar-refractivity contribution in [3.05, 3.63) is 42.0 Å². The molecule has 2 heterocycles. The molecule has 136 valence electrons. The van der Waals surface area contributed by atoms with E-state index in [1.165, 1.54) is 15.8 Å². The smallest absolute Gasteiger partial charge is 0.273 e. The molecule has 0 saturated carbocycles. The van der Waals surface area contributed by atoms with Gasteiger partial charge in [0.25, 0.3) is 5.91 Å². The van der Waals surface area contributed by atoms with Gasteiger partial charge in [-0.25, -0.2) is 9.67 Å². The van der Waals surface area contributed by atoms with Gasteiger partial charge in [-0.15, -0.1) is 5.10 Å². The molecule has 26 heavy (non-hydrogen) atoms. The fraction of sp³-hybridized carbons (Fsp3) is 0.353. The summed E-state index contributed by atoms with van der Waals surface area (Å²) in [6.45, 7) is 0.554. The minimum absolute atomic E-state index is 0.0549. The number of nitrogens with zero attached hydrogens (tertiary/aromatic N) is 5. The molecule has 9 heteroatoms. The summed E-state index contributed by atoms with van der Waals surface area (Å²) in [7, 11) is 3.32. The molecule has 0 radical (unpaired) electrons. The van der Waals surface area contributed by atoms with E-state index in [4.69, 9.17) is 0 Å². The van der Waals surface area contributed by atoms with Crippen molar-refractivity contribution in [3.8, 4) is 0 Å². The van der Waals surface area contributed by atoms with Gasteiger partial charge < -0.3 is 15.2 Å². The Labute approximate surface area is 150 Å². The number of likely N-dealkylation sites (N-methyl/N-ethyl adjacent to an activating group) is 1. The van der Waals surface area contributed by atoms with Crippen LogP contribution >= 0.6 is 0 Å². The highest BCUT2D eigenvalue weighted by Gasteiger charge is 2.12. The summed E-state index contributed by atoms with van der Waals surface area (Å²) in [6.07, 6.45) is 2.95. The number of nitrogens with one attached hydrogen (secondary N) is 2. The second kappa shape index (κ2) is 7.77. The van der Waals surface area contributed by atoms with Crippen LogP contribution in [0.3, 0.4) is 0 Å². The SMILES string of the molecule is CN(C)C(=O)Cn1cc(C(=O)NCCCc2nc3ccccc3[nH]2)nn1. The van der Waals surface area contributed by atoms with E-state index in [1.54, 1.807) is 14.1 Å². The Hall–Kier alpha value is -3.23. The van der Waals surface area contributed by atoms with E-state index >= 15 is 0 Å². The molecule has 9 nitrogen and oxygen atoms in total. The molecule has 2 amide bonds. The van der Waals surface area contributed by atoms with Crippen LogP contribution in [0, 0.1) is 0 Å². The zero-order chi connectivity index (χ0) is 18.5. The van der Waals surface area contributed by atoms with Gasteiger partial charge in [0.1, 0.15) is 12.4 Å². The number of para-hydroxylation sites is 2. The van der Waals surface area contributed by atoms with Gasteiger partial charge >= 0.3 is 0 Å². The lowest BCUT2D eigenvalue weighted by molar-refractivity contribution is -0.129. The highest BCUT2D eigenvalue weighted by Crippen LogP contribution is 2.11. The molecule has 2 N–H and O–H groups in total. The summed E-state index contributed by atoms with van der Waals surface area (Å²) in [5, 5.41) is 10.4. The van der Waals surface area contributed by atoms with Crippen LogP contribution in [0.25, 0.3) is 11.0 Å². The standard InChI is InChI=1S/C17H21N7O2/c1-23(2)16(25)11-24-10-14(21-22-24)17(26)18-9-5-8-15-19-12-6-3-4-7-13(12)20-15/h3-4,6-7,10H,5,8-9,11H2,1-2H3,(H,18,26)(H,19,20). The molecule has 1 aromatic carbocycles. The molecule has 0 atom stereocenters. The molecule has 0 aliphatic carbocycles. The summed E-state index contributed by atoms with van der Waals surface area (Å²) in [5.41, 5.74) is 2.14. The number of benzene rings is 1. The van der Waals surface area contributed by atoms with Crippen molar-refractivity contribution in [2.45, 2.75) is 19.4 Å². The topological polar surface area (TPSA) is 109 Å². The minimum Gasteiger partial charge on any atom is -0.351 e. The number of carbonyl (C=O) groups excluding carboxylic acids is 2. The van der Waals surface area contributed by atoms with Crippen LogP contribution in [0.5, 0.6) is 0 Å². The van der Waals surface area contributed by atoms with Gasteiger partial charge in [-0.1, -0.05) is 17.3 Å². The molecule has 0 bridgehead atoms. The van der Waals surface area contributed by atoms with E-state index in [0.717, 1.165) is 29.7 Å². The summed E-state index contributed by atoms with van der Waals surface area (Å²) in [4.78, 5) is 32.9. The zero-order valence-corrected chi connectivity index (χ0v) is 14.8. The van der Waals surface area contributed by atoms with Crippen molar-refractivity contribution >= 4 is 22.8 Å². The Morgan fingerprint density at radius 1 is 1.27 bits per heavy atom. The van der Waals surface area contributed by atoms with Gasteiger partial charge in [0, 0.05) is 27.1 Å². The second-order valence-electron chi connectivity index (χ2n) is 6.15. The van der Waals surface area contributed by atoms with Crippen molar-refractivity contribution in [3.63, 3.8) is 0 Å². The first-order chi connectivity index (χ1) is 12.5. The molecular weight excluding hydrogens is 334 g/mol. The minimum atomic E-state index is -0.307. The quantitative estimate of drug-likeness (QED) is 0.604. The number of aromatic nitrogens is 5. The number of hydrogen-bond donors (Lipinski definition) is 2. The molecule has 0 saturated heterocycles. The molecule has 3 rings (SSSR count). The van der Waals surface area contributed by atoms with E-state index in [1.807, 2.05) is 24.3 Å². The lowest BCUT2D eigenvalue weighted by atomic mass is 10.3. The van der Waals surface area contributed by atoms with Gasteiger partial charge in [0.05, 0.1) is 17.2 Å². The lowest BCUT2D eigenvalue weighted by Crippen LogP contribution is -2.26. The van der Waals surface area contributed by atoms with Crippen molar-refractivity contribution in [1.29, 1.82) is 0 Å². The zero-order valence-electron chi connectivity index (χ0n) is 14.8. The molecule has 0 fully saturated rings. The maximum atomic E-state index is 12.1. The van der Waals surface area contributed by atoms with Crippen molar-refractivity contribution < 1.29 is 9.59 Å². The predicted molar refractivity (Wildman–Crippen MR) is 95.5 cm³/mol. The summed E-state index contributed by atoms with van der Waals surface area (Å²) >= 11 is 0. The number of rotatable bonds is 7. The maximum Gasteiger partial charge on any atom is 0.273 e. The number of aryl methyl sites for hydroxylation is 1.